The summed E-state index contributed by atoms with van der Waals surface area (Å²) in [6, 6.07) is 3.90. The molecular formula is C20H19F6NO7S2. The van der Waals surface area contributed by atoms with Gasteiger partial charge in [0.15, 0.2) is 15.6 Å². The van der Waals surface area contributed by atoms with E-state index in [0.717, 1.165) is 31.5 Å². The van der Waals surface area contributed by atoms with Gasteiger partial charge in [-0.05, 0) is 38.0 Å². The molecule has 0 amide bonds. The van der Waals surface area contributed by atoms with Crippen molar-refractivity contribution in [3.05, 3.63) is 47.7 Å². The Bertz CT molecular complexity index is 1340. The lowest BCUT2D eigenvalue weighted by atomic mass is 9.93. The second kappa shape index (κ2) is 9.37. The van der Waals surface area contributed by atoms with Gasteiger partial charge in [-0.2, -0.15) is 34.8 Å². The van der Waals surface area contributed by atoms with Crippen molar-refractivity contribution in [2.24, 2.45) is 0 Å². The molecule has 1 fully saturated rings. The molecule has 8 nitrogen and oxygen atoms in total. The molecule has 16 heteroatoms. The highest BCUT2D eigenvalue weighted by atomic mass is 32.2. The number of alkyl halides is 6. The molecule has 36 heavy (non-hydrogen) atoms. The molecule has 1 aromatic heterocycles. The zero-order valence-corrected chi connectivity index (χ0v) is 20.2. The van der Waals surface area contributed by atoms with Crippen LogP contribution in [-0.4, -0.2) is 45.8 Å². The number of methoxy groups -OCH3 is 1. The molecule has 0 bridgehead atoms. The van der Waals surface area contributed by atoms with E-state index in [-0.39, 0.29) is 24.5 Å². The first-order valence-corrected chi connectivity index (χ1v) is 12.9. The van der Waals surface area contributed by atoms with Gasteiger partial charge in [0.25, 0.3) is 0 Å². The Morgan fingerprint density at radius 3 is 2.33 bits per heavy atom. The minimum absolute atomic E-state index is 0.164. The van der Waals surface area contributed by atoms with Gasteiger partial charge in [0.2, 0.25) is 5.88 Å². The van der Waals surface area contributed by atoms with Gasteiger partial charge in [-0.1, -0.05) is 6.07 Å². The average molecular weight is 563 g/mol. The van der Waals surface area contributed by atoms with Crippen LogP contribution in [0.1, 0.15) is 37.0 Å². The van der Waals surface area contributed by atoms with Gasteiger partial charge in [-0.3, -0.25) is 0 Å². The molecule has 2 aromatic rings. The van der Waals surface area contributed by atoms with Crippen LogP contribution < -0.4 is 8.92 Å². The second-order valence-corrected chi connectivity index (χ2v) is 12.0. The standard InChI is InChI=1S/C20H19F6NO7S2/c1-18(35(28,29)13-5-3-4-12(8-13)19(21,22)23)6-7-33-16(10-18)14-11-27-17(32-2)9-15(14)34-36(30,31)20(24,25)26/h3-5,8-9,11,16H,6-7,10H2,1-2H3. The van der Waals surface area contributed by atoms with Crippen molar-refractivity contribution < 1.29 is 56.8 Å². The number of benzene rings is 1. The monoisotopic (exact) mass is 563 g/mol. The maximum absolute atomic E-state index is 13.4. The van der Waals surface area contributed by atoms with Gasteiger partial charge in [0.1, 0.15) is 0 Å². The van der Waals surface area contributed by atoms with E-state index in [1.165, 1.54) is 6.92 Å². The molecule has 0 spiro atoms. The lowest BCUT2D eigenvalue weighted by Gasteiger charge is -2.38. The first-order chi connectivity index (χ1) is 16.4. The number of nitrogens with zero attached hydrogens (tertiary/aromatic N) is 1. The molecule has 3 rings (SSSR count). The van der Waals surface area contributed by atoms with Crippen LogP contribution in [0.5, 0.6) is 11.6 Å². The largest absolute Gasteiger partial charge is 0.534 e. The van der Waals surface area contributed by atoms with Crippen molar-refractivity contribution in [3.63, 3.8) is 0 Å². The number of ether oxygens (including phenoxy) is 2. The molecule has 0 saturated carbocycles. The Balaban J connectivity index is 2.02. The Kier molecular flexibility index (Phi) is 7.29. The molecule has 0 N–H and O–H groups in total. The average Bonchev–Trinajstić information content (AvgIpc) is 2.77. The fourth-order valence-electron chi connectivity index (χ4n) is 3.56. The smallest absolute Gasteiger partial charge is 0.481 e. The summed E-state index contributed by atoms with van der Waals surface area (Å²) < 4.78 is 141. The number of hydrogen-bond donors (Lipinski definition) is 0. The van der Waals surface area contributed by atoms with Crippen LogP contribution in [0.15, 0.2) is 41.4 Å². The zero-order chi connectivity index (χ0) is 27.2. The molecule has 0 aliphatic carbocycles. The van der Waals surface area contributed by atoms with Gasteiger partial charge >= 0.3 is 21.8 Å². The second-order valence-electron chi connectivity index (χ2n) is 8.04. The molecular weight excluding hydrogens is 544 g/mol. The molecule has 0 radical (unpaired) electrons. The highest BCUT2D eigenvalue weighted by Crippen LogP contribution is 2.45. The van der Waals surface area contributed by atoms with Crippen molar-refractivity contribution in [1.29, 1.82) is 0 Å². The number of sulfone groups is 1. The summed E-state index contributed by atoms with van der Waals surface area (Å²) in [6.45, 7) is 0.985. The van der Waals surface area contributed by atoms with Crippen LogP contribution in [0.4, 0.5) is 26.3 Å². The highest BCUT2D eigenvalue weighted by Gasteiger charge is 2.50. The van der Waals surface area contributed by atoms with Gasteiger partial charge in [-0.15, -0.1) is 0 Å². The Morgan fingerprint density at radius 1 is 1.08 bits per heavy atom. The minimum atomic E-state index is -6.12. The number of aromatic nitrogens is 1. The summed E-state index contributed by atoms with van der Waals surface area (Å²) in [6.07, 6.45) is -5.84. The molecule has 1 aliphatic rings. The van der Waals surface area contributed by atoms with Crippen LogP contribution in [0.2, 0.25) is 0 Å². The van der Waals surface area contributed by atoms with E-state index in [0.29, 0.717) is 12.1 Å². The number of pyridine rings is 1. The topological polar surface area (TPSA) is 109 Å². The third-order valence-corrected chi connectivity index (χ3v) is 9.11. The summed E-state index contributed by atoms with van der Waals surface area (Å²) in [5.41, 5.74) is -7.27. The highest BCUT2D eigenvalue weighted by molar-refractivity contribution is 7.92. The molecule has 2 atom stereocenters. The first kappa shape index (κ1) is 28.0. The van der Waals surface area contributed by atoms with Gasteiger partial charge in [0, 0.05) is 24.4 Å². The lowest BCUT2D eigenvalue weighted by Crippen LogP contribution is -2.42. The molecule has 2 heterocycles. The molecule has 1 aliphatic heterocycles. The van der Waals surface area contributed by atoms with Crippen molar-refractivity contribution in [1.82, 2.24) is 4.98 Å². The summed E-state index contributed by atoms with van der Waals surface area (Å²) in [7, 11) is -9.44. The number of hydrogen-bond acceptors (Lipinski definition) is 8. The van der Waals surface area contributed by atoms with E-state index >= 15 is 0 Å². The van der Waals surface area contributed by atoms with Crippen LogP contribution in [0.3, 0.4) is 0 Å². The van der Waals surface area contributed by atoms with Crippen LogP contribution in [0, 0.1) is 0 Å². The molecule has 1 saturated heterocycles. The maximum Gasteiger partial charge on any atom is 0.534 e. The predicted molar refractivity (Wildman–Crippen MR) is 111 cm³/mol. The zero-order valence-electron chi connectivity index (χ0n) is 18.6. The van der Waals surface area contributed by atoms with E-state index in [1.807, 2.05) is 0 Å². The quantitative estimate of drug-likeness (QED) is 0.289. The fourth-order valence-corrected chi connectivity index (χ4v) is 5.87. The molecule has 2 unspecified atom stereocenters. The molecule has 1 aromatic carbocycles. The van der Waals surface area contributed by atoms with Gasteiger partial charge in [-0.25, -0.2) is 13.4 Å². The minimum Gasteiger partial charge on any atom is -0.481 e. The maximum atomic E-state index is 13.4. The summed E-state index contributed by atoms with van der Waals surface area (Å²) in [5, 5.41) is 0. The van der Waals surface area contributed by atoms with Crippen molar-refractivity contribution in [2.75, 3.05) is 13.7 Å². The van der Waals surface area contributed by atoms with Gasteiger partial charge in [0.05, 0.1) is 28.4 Å². The normalized spacial score (nSPS) is 21.7. The van der Waals surface area contributed by atoms with Crippen LogP contribution in [-0.2, 0) is 30.9 Å². The Labute approximate surface area is 202 Å². The van der Waals surface area contributed by atoms with E-state index in [2.05, 4.69) is 9.17 Å². The van der Waals surface area contributed by atoms with Crippen molar-refractivity contribution in [2.45, 2.75) is 47.2 Å². The van der Waals surface area contributed by atoms with E-state index in [9.17, 15) is 43.2 Å². The summed E-state index contributed by atoms with van der Waals surface area (Å²) in [5.74, 6) is -1.16. The first-order valence-electron chi connectivity index (χ1n) is 9.99. The third kappa shape index (κ3) is 5.39. The lowest BCUT2D eigenvalue weighted by molar-refractivity contribution is -0.137. The molecule has 200 valence electrons. The fraction of sp³-hybridized carbons (Fsp3) is 0.450. The predicted octanol–water partition coefficient (Wildman–Crippen LogP) is 4.42. The number of rotatable bonds is 6. The Morgan fingerprint density at radius 2 is 1.75 bits per heavy atom. The number of halogens is 6. The van der Waals surface area contributed by atoms with E-state index < -0.39 is 65.1 Å². The summed E-state index contributed by atoms with van der Waals surface area (Å²) in [4.78, 5) is 3.19. The van der Waals surface area contributed by atoms with Crippen LogP contribution >= 0.6 is 0 Å². The van der Waals surface area contributed by atoms with E-state index in [4.69, 9.17) is 9.47 Å². The van der Waals surface area contributed by atoms with Crippen molar-refractivity contribution >= 4 is 20.0 Å². The third-order valence-electron chi connectivity index (χ3n) is 5.60. The van der Waals surface area contributed by atoms with Crippen LogP contribution in [0.25, 0.3) is 0 Å². The van der Waals surface area contributed by atoms with E-state index in [1.54, 1.807) is 0 Å². The SMILES string of the molecule is COc1cc(OS(=O)(=O)C(F)(F)F)c(C2CC(C)(S(=O)(=O)c3cccc(C(F)(F)F)c3)CCO2)cn1. The van der Waals surface area contributed by atoms with Crippen molar-refractivity contribution in [3.8, 4) is 11.6 Å². The summed E-state index contributed by atoms with van der Waals surface area (Å²) >= 11 is 0. The van der Waals surface area contributed by atoms with Gasteiger partial charge < -0.3 is 13.7 Å². The Hall–Kier alpha value is -2.59.